The van der Waals surface area contributed by atoms with Crippen LogP contribution in [-0.2, 0) is 10.3 Å². The van der Waals surface area contributed by atoms with Gasteiger partial charge in [-0.2, -0.15) is 0 Å². The van der Waals surface area contributed by atoms with Crippen molar-refractivity contribution in [2.45, 2.75) is 5.60 Å². The fraction of sp³-hybridized carbons (Fsp3) is 0.333. The molecule has 0 radical (unpaired) electrons. The van der Waals surface area contributed by atoms with Crippen molar-refractivity contribution in [3.05, 3.63) is 35.4 Å². The zero-order valence-corrected chi connectivity index (χ0v) is 6.69. The van der Waals surface area contributed by atoms with Crippen molar-refractivity contribution in [2.24, 2.45) is 0 Å². The van der Waals surface area contributed by atoms with Crippen molar-refractivity contribution < 1.29 is 17.9 Å². The minimum absolute atomic E-state index is 0.0939. The van der Waals surface area contributed by atoms with E-state index in [-0.39, 0.29) is 12.2 Å². The van der Waals surface area contributed by atoms with Crippen molar-refractivity contribution in [1.82, 2.24) is 0 Å². The highest BCUT2D eigenvalue weighted by molar-refractivity contribution is 5.29. The quantitative estimate of drug-likeness (QED) is 0.648. The predicted molar refractivity (Wildman–Crippen MR) is 40.0 cm³/mol. The molecule has 1 fully saturated rings. The molecular weight excluding hydrogens is 181 g/mol. The fourth-order valence-electron chi connectivity index (χ4n) is 1.25. The Hall–Kier alpha value is -1.03. The summed E-state index contributed by atoms with van der Waals surface area (Å²) in [6, 6.07) is 3.04. The van der Waals surface area contributed by atoms with Gasteiger partial charge in [0.1, 0.15) is 23.9 Å². The molecule has 1 aliphatic heterocycles. The largest absolute Gasteiger partial charge is 0.362 e. The maximum Gasteiger partial charge on any atom is 0.147 e. The maximum atomic E-state index is 13.1. The summed E-state index contributed by atoms with van der Waals surface area (Å²) in [5, 5.41) is 0. The monoisotopic (exact) mass is 188 g/mol. The first-order chi connectivity index (χ1) is 6.18. The first-order valence-electron chi connectivity index (χ1n) is 3.83. The van der Waals surface area contributed by atoms with Crippen molar-refractivity contribution in [3.8, 4) is 0 Å². The average Bonchev–Trinajstić information content (AvgIpc) is 2.85. The number of epoxide rings is 1. The summed E-state index contributed by atoms with van der Waals surface area (Å²) in [5.41, 5.74) is -1.05. The molecule has 1 atom stereocenters. The number of halogens is 3. The highest BCUT2D eigenvalue weighted by Gasteiger charge is 2.48. The van der Waals surface area contributed by atoms with Gasteiger partial charge >= 0.3 is 0 Å². The lowest BCUT2D eigenvalue weighted by Gasteiger charge is -2.08. The predicted octanol–water partition coefficient (Wildman–Crippen LogP) is 2.16. The zero-order chi connectivity index (χ0) is 9.47. The molecule has 0 aromatic heterocycles. The van der Waals surface area contributed by atoms with Gasteiger partial charge in [0.2, 0.25) is 0 Å². The van der Waals surface area contributed by atoms with Crippen LogP contribution in [0.1, 0.15) is 5.56 Å². The lowest BCUT2D eigenvalue weighted by molar-refractivity contribution is 0.243. The summed E-state index contributed by atoms with van der Waals surface area (Å²) in [5.74, 6) is -1.42. The van der Waals surface area contributed by atoms with Gasteiger partial charge in [0.25, 0.3) is 0 Å². The number of benzene rings is 1. The Kier molecular flexibility index (Phi) is 1.80. The van der Waals surface area contributed by atoms with E-state index in [1.807, 2.05) is 0 Å². The van der Waals surface area contributed by atoms with Gasteiger partial charge in [-0.05, 0) is 6.07 Å². The Morgan fingerprint density at radius 2 is 2.08 bits per heavy atom. The Morgan fingerprint density at radius 3 is 2.54 bits per heavy atom. The second-order valence-electron chi connectivity index (χ2n) is 3.04. The second kappa shape index (κ2) is 2.73. The van der Waals surface area contributed by atoms with E-state index in [4.69, 9.17) is 4.74 Å². The summed E-state index contributed by atoms with van der Waals surface area (Å²) >= 11 is 0. The summed E-state index contributed by atoms with van der Waals surface area (Å²) in [6.45, 7) is -0.623. The molecule has 1 aromatic rings. The zero-order valence-electron chi connectivity index (χ0n) is 6.69. The van der Waals surface area contributed by atoms with Gasteiger partial charge in [-0.1, -0.05) is 6.07 Å². The molecule has 0 spiro atoms. The van der Waals surface area contributed by atoms with Gasteiger partial charge in [0, 0.05) is 11.6 Å². The molecule has 70 valence electrons. The third-order valence-corrected chi connectivity index (χ3v) is 2.13. The number of rotatable bonds is 2. The van der Waals surface area contributed by atoms with Crippen molar-refractivity contribution in [1.29, 1.82) is 0 Å². The Bertz CT molecular complexity index is 334. The molecule has 0 aliphatic carbocycles. The summed E-state index contributed by atoms with van der Waals surface area (Å²) in [4.78, 5) is 0. The molecule has 1 saturated heterocycles. The average molecular weight is 188 g/mol. The number of hydrogen-bond donors (Lipinski definition) is 0. The molecule has 13 heavy (non-hydrogen) atoms. The number of hydrogen-bond acceptors (Lipinski definition) is 1. The van der Waals surface area contributed by atoms with Crippen molar-refractivity contribution in [2.75, 3.05) is 13.3 Å². The van der Waals surface area contributed by atoms with Gasteiger partial charge in [-0.15, -0.1) is 0 Å². The van der Waals surface area contributed by atoms with Crippen LogP contribution in [0.15, 0.2) is 18.2 Å². The van der Waals surface area contributed by atoms with E-state index in [0.29, 0.717) is 0 Å². The van der Waals surface area contributed by atoms with Crippen LogP contribution >= 0.6 is 0 Å². The highest BCUT2D eigenvalue weighted by Crippen LogP contribution is 2.40. The van der Waals surface area contributed by atoms with Gasteiger partial charge in [-0.25, -0.2) is 13.2 Å². The third-order valence-electron chi connectivity index (χ3n) is 2.13. The molecule has 0 saturated carbocycles. The molecule has 4 heteroatoms. The van der Waals surface area contributed by atoms with E-state index >= 15 is 0 Å². The molecular formula is C9H7F3O. The highest BCUT2D eigenvalue weighted by atomic mass is 19.1. The van der Waals surface area contributed by atoms with Gasteiger partial charge < -0.3 is 4.74 Å². The van der Waals surface area contributed by atoms with E-state index in [0.717, 1.165) is 12.1 Å². The molecule has 0 N–H and O–H groups in total. The third kappa shape index (κ3) is 1.31. The Labute approximate surface area is 73.1 Å². The van der Waals surface area contributed by atoms with Crippen molar-refractivity contribution >= 4 is 0 Å². The van der Waals surface area contributed by atoms with Gasteiger partial charge in [-0.3, -0.25) is 0 Å². The van der Waals surface area contributed by atoms with Crippen LogP contribution in [0.3, 0.4) is 0 Å². The van der Waals surface area contributed by atoms with Crippen LogP contribution in [0, 0.1) is 11.6 Å². The van der Waals surface area contributed by atoms with E-state index in [1.165, 1.54) is 6.07 Å². The minimum Gasteiger partial charge on any atom is -0.362 e. The van der Waals surface area contributed by atoms with Crippen LogP contribution in [0.4, 0.5) is 13.2 Å². The van der Waals surface area contributed by atoms with E-state index in [2.05, 4.69) is 0 Å². The van der Waals surface area contributed by atoms with Gasteiger partial charge in [0.15, 0.2) is 0 Å². The Morgan fingerprint density at radius 1 is 1.38 bits per heavy atom. The van der Waals surface area contributed by atoms with Gasteiger partial charge in [0.05, 0.1) is 6.61 Å². The fourth-order valence-corrected chi connectivity index (χ4v) is 1.25. The second-order valence-corrected chi connectivity index (χ2v) is 3.04. The summed E-state index contributed by atoms with van der Waals surface area (Å²) in [6.07, 6.45) is 0. The van der Waals surface area contributed by atoms with Crippen molar-refractivity contribution in [3.63, 3.8) is 0 Å². The van der Waals surface area contributed by atoms with Crippen LogP contribution in [0.5, 0.6) is 0 Å². The topological polar surface area (TPSA) is 12.5 Å². The molecule has 1 aliphatic rings. The first-order valence-corrected chi connectivity index (χ1v) is 3.83. The smallest absolute Gasteiger partial charge is 0.147 e. The summed E-state index contributed by atoms with van der Waals surface area (Å²) < 4.78 is 42.8. The standard InChI is InChI=1S/C9H7F3O/c10-4-9(5-13-9)7-2-1-6(11)3-8(7)12/h1-3H,4-5H2. The SMILES string of the molecule is FCC1(c2ccc(F)cc2F)CO1. The number of alkyl halides is 1. The van der Waals surface area contributed by atoms with E-state index in [1.54, 1.807) is 0 Å². The molecule has 2 rings (SSSR count). The first kappa shape index (κ1) is 8.56. The molecule has 0 amide bonds. The van der Waals surface area contributed by atoms with Crippen LogP contribution in [-0.4, -0.2) is 13.3 Å². The lowest BCUT2D eigenvalue weighted by atomic mass is 10.0. The molecule has 1 heterocycles. The van der Waals surface area contributed by atoms with E-state index < -0.39 is 23.9 Å². The number of ether oxygens (including phenoxy) is 1. The normalized spacial score (nSPS) is 26.1. The molecule has 0 bridgehead atoms. The minimum atomic E-state index is -1.14. The summed E-state index contributed by atoms with van der Waals surface area (Å²) in [7, 11) is 0. The van der Waals surface area contributed by atoms with E-state index in [9.17, 15) is 13.2 Å². The molecule has 1 aromatic carbocycles. The Balaban J connectivity index is 2.41. The van der Waals surface area contributed by atoms with Crippen LogP contribution < -0.4 is 0 Å². The van der Waals surface area contributed by atoms with Crippen LogP contribution in [0.2, 0.25) is 0 Å². The molecule has 1 nitrogen and oxygen atoms in total. The lowest BCUT2D eigenvalue weighted by Crippen LogP contribution is -2.13. The molecule has 1 unspecified atom stereocenters. The maximum absolute atomic E-state index is 13.1. The van der Waals surface area contributed by atoms with Crippen LogP contribution in [0.25, 0.3) is 0 Å².